The summed E-state index contributed by atoms with van der Waals surface area (Å²) in [4.78, 5) is 37.4. The Morgan fingerprint density at radius 3 is 2.33 bits per heavy atom. The molecule has 1 saturated carbocycles. The number of piperidine rings is 1. The number of hydrogen-bond acceptors (Lipinski definition) is 9. The van der Waals surface area contributed by atoms with Crippen molar-refractivity contribution < 1.29 is 27.5 Å². The van der Waals surface area contributed by atoms with Crippen LogP contribution in [0.3, 0.4) is 0 Å². The van der Waals surface area contributed by atoms with Gasteiger partial charge in [-0.2, -0.15) is 0 Å². The molecular weight excluding hydrogens is 615 g/mol. The second-order valence-electron chi connectivity index (χ2n) is 13.0. The first-order chi connectivity index (χ1) is 21.4. The number of thiazole rings is 1. The number of anilines is 1. The van der Waals surface area contributed by atoms with Crippen LogP contribution in [0.2, 0.25) is 0 Å². The summed E-state index contributed by atoms with van der Waals surface area (Å²) in [6.45, 7) is 6.86. The number of likely N-dealkylation sites (tertiary alicyclic amines) is 1. The van der Waals surface area contributed by atoms with Crippen molar-refractivity contribution in [1.29, 1.82) is 0 Å². The second kappa shape index (κ2) is 14.0. The van der Waals surface area contributed by atoms with Crippen LogP contribution in [0.5, 0.6) is 5.88 Å². The van der Waals surface area contributed by atoms with Crippen LogP contribution in [-0.2, 0) is 19.6 Å². The topological polar surface area (TPSA) is 140 Å². The maximum absolute atomic E-state index is 13.6. The summed E-state index contributed by atoms with van der Waals surface area (Å²) in [6.07, 6.45) is 6.23. The molecule has 2 fully saturated rings. The Bertz CT molecular complexity index is 1590. The number of nitrogens with zero attached hydrogens (tertiary/aromatic N) is 3. The highest BCUT2D eigenvalue weighted by molar-refractivity contribution is 7.89. The van der Waals surface area contributed by atoms with Crippen LogP contribution in [0, 0.1) is 11.8 Å². The molecule has 3 heterocycles. The molecule has 3 aromatic rings. The van der Waals surface area contributed by atoms with Crippen molar-refractivity contribution in [2.24, 2.45) is 11.8 Å². The van der Waals surface area contributed by atoms with Crippen LogP contribution in [0.25, 0.3) is 10.3 Å². The third kappa shape index (κ3) is 8.71. The number of carbonyl (C=O) groups excluding carboxylic acids is 2. The van der Waals surface area contributed by atoms with Crippen molar-refractivity contribution in [2.45, 2.75) is 82.1 Å². The van der Waals surface area contributed by atoms with E-state index in [1.165, 1.54) is 11.3 Å². The maximum Gasteiger partial charge on any atom is 0.410 e. The Morgan fingerprint density at radius 1 is 1.00 bits per heavy atom. The number of methoxy groups -OCH3 is 1. The molecule has 1 atom stereocenters. The zero-order valence-electron chi connectivity index (χ0n) is 26.4. The molecule has 13 heteroatoms. The van der Waals surface area contributed by atoms with E-state index in [1.54, 1.807) is 42.3 Å². The molecule has 1 aromatic carbocycles. The zero-order valence-corrected chi connectivity index (χ0v) is 28.0. The van der Waals surface area contributed by atoms with Gasteiger partial charge in [0.05, 0.1) is 17.9 Å². The summed E-state index contributed by atoms with van der Waals surface area (Å²) in [5.74, 6) is 0.433. The monoisotopic (exact) mass is 657 g/mol. The number of pyridine rings is 1. The summed E-state index contributed by atoms with van der Waals surface area (Å²) >= 11 is 1.29. The number of carbonyl (C=O) groups is 2. The molecule has 2 N–H and O–H groups in total. The van der Waals surface area contributed by atoms with Crippen LogP contribution in [-0.4, -0.2) is 67.6 Å². The first-order valence-corrected chi connectivity index (χ1v) is 17.9. The standard InChI is InChI=1S/C32H43N5O6S2/c1-32(2,3)43-31(39)37-17-15-22(16-18-37)20-33-45(40,41)24-11-9-23(10-12-24)25(19-21-7-5-6-8-21)28(38)36-30-34-26-13-14-27(42-4)35-29(26)44-30/h9-14,21-22,25,33H,5-8,15-20H2,1-4H3,(H,34,36,38). The number of aromatic nitrogens is 2. The predicted octanol–water partition coefficient (Wildman–Crippen LogP) is 5.93. The Labute approximate surface area is 269 Å². The molecule has 5 rings (SSSR count). The summed E-state index contributed by atoms with van der Waals surface area (Å²) in [7, 11) is -2.20. The first kappa shape index (κ1) is 33.1. The van der Waals surface area contributed by atoms with Gasteiger partial charge in [-0.25, -0.2) is 27.9 Å². The Hall–Kier alpha value is -3.29. The van der Waals surface area contributed by atoms with Gasteiger partial charge in [-0.3, -0.25) is 4.79 Å². The second-order valence-corrected chi connectivity index (χ2v) is 15.7. The molecule has 2 aromatic heterocycles. The third-order valence-electron chi connectivity index (χ3n) is 8.45. The van der Waals surface area contributed by atoms with Crippen molar-refractivity contribution in [2.75, 3.05) is 32.1 Å². The van der Waals surface area contributed by atoms with Gasteiger partial charge in [0.25, 0.3) is 0 Å². The van der Waals surface area contributed by atoms with E-state index < -0.39 is 21.5 Å². The minimum atomic E-state index is -3.75. The summed E-state index contributed by atoms with van der Waals surface area (Å²) in [5.41, 5.74) is 0.899. The minimum Gasteiger partial charge on any atom is -0.481 e. The van der Waals surface area contributed by atoms with Gasteiger partial charge in [0.15, 0.2) is 5.13 Å². The highest BCUT2D eigenvalue weighted by Gasteiger charge is 2.30. The SMILES string of the molecule is COc1ccc2nc(NC(=O)C(CC3CCCC3)c3ccc(S(=O)(=O)NCC4CCN(C(=O)OC(C)(C)C)CC4)cc3)sc2n1. The van der Waals surface area contributed by atoms with Gasteiger partial charge >= 0.3 is 6.09 Å². The molecule has 244 valence electrons. The predicted molar refractivity (Wildman–Crippen MR) is 174 cm³/mol. The van der Waals surface area contributed by atoms with Gasteiger partial charge in [-0.05, 0) is 75.6 Å². The molecule has 0 radical (unpaired) electrons. The fourth-order valence-electron chi connectivity index (χ4n) is 5.97. The lowest BCUT2D eigenvalue weighted by molar-refractivity contribution is -0.118. The number of hydrogen-bond donors (Lipinski definition) is 2. The minimum absolute atomic E-state index is 0.121. The van der Waals surface area contributed by atoms with E-state index in [1.807, 2.05) is 26.8 Å². The summed E-state index contributed by atoms with van der Waals surface area (Å²) < 4.78 is 39.8. The van der Waals surface area contributed by atoms with Crippen LogP contribution in [0.15, 0.2) is 41.3 Å². The van der Waals surface area contributed by atoms with Crippen molar-refractivity contribution in [3.8, 4) is 5.88 Å². The molecule has 11 nitrogen and oxygen atoms in total. The molecule has 1 saturated heterocycles. The first-order valence-electron chi connectivity index (χ1n) is 15.6. The van der Waals surface area contributed by atoms with E-state index >= 15 is 0 Å². The molecule has 1 aliphatic heterocycles. The number of amides is 2. The average Bonchev–Trinajstić information content (AvgIpc) is 3.67. The van der Waals surface area contributed by atoms with Gasteiger partial charge in [0, 0.05) is 25.7 Å². The fourth-order valence-corrected chi connectivity index (χ4v) is 7.92. The van der Waals surface area contributed by atoms with Gasteiger partial charge in [-0.15, -0.1) is 0 Å². The van der Waals surface area contributed by atoms with Gasteiger partial charge in [0.2, 0.25) is 21.8 Å². The van der Waals surface area contributed by atoms with E-state index in [4.69, 9.17) is 9.47 Å². The molecule has 2 amide bonds. The lowest BCUT2D eigenvalue weighted by Crippen LogP contribution is -2.43. The van der Waals surface area contributed by atoms with Crippen molar-refractivity contribution in [3.63, 3.8) is 0 Å². The van der Waals surface area contributed by atoms with E-state index in [9.17, 15) is 18.0 Å². The number of nitrogens with one attached hydrogen (secondary N) is 2. The van der Waals surface area contributed by atoms with Gasteiger partial charge < -0.3 is 19.7 Å². The van der Waals surface area contributed by atoms with Gasteiger partial charge in [-0.1, -0.05) is 49.2 Å². The lowest BCUT2D eigenvalue weighted by atomic mass is 9.87. The van der Waals surface area contributed by atoms with E-state index in [-0.39, 0.29) is 22.8 Å². The molecule has 2 aliphatic rings. The molecular formula is C32H43N5O6S2. The number of sulfonamides is 1. The Balaban J connectivity index is 1.22. The van der Waals surface area contributed by atoms with Crippen molar-refractivity contribution >= 4 is 48.8 Å². The van der Waals surface area contributed by atoms with Gasteiger partial charge in [0.1, 0.15) is 15.9 Å². The molecule has 1 unspecified atom stereocenters. The molecule has 0 spiro atoms. The van der Waals surface area contributed by atoms with E-state index in [2.05, 4.69) is 20.0 Å². The van der Waals surface area contributed by atoms with Crippen molar-refractivity contribution in [1.82, 2.24) is 19.6 Å². The zero-order chi connectivity index (χ0) is 32.2. The normalized spacial score (nSPS) is 17.4. The van der Waals surface area contributed by atoms with Crippen molar-refractivity contribution in [3.05, 3.63) is 42.0 Å². The van der Waals surface area contributed by atoms with E-state index in [0.29, 0.717) is 66.2 Å². The Kier molecular flexibility index (Phi) is 10.3. The maximum atomic E-state index is 13.6. The third-order valence-corrected chi connectivity index (χ3v) is 10.8. The summed E-state index contributed by atoms with van der Waals surface area (Å²) in [6, 6.07) is 10.2. The lowest BCUT2D eigenvalue weighted by Gasteiger charge is -2.33. The fraction of sp³-hybridized carbons (Fsp3) is 0.562. The number of rotatable bonds is 10. The average molecular weight is 658 g/mol. The molecule has 1 aliphatic carbocycles. The van der Waals surface area contributed by atoms with Crippen LogP contribution < -0.4 is 14.8 Å². The van der Waals surface area contributed by atoms with E-state index in [0.717, 1.165) is 31.2 Å². The van der Waals surface area contributed by atoms with Crippen LogP contribution in [0.4, 0.5) is 9.93 Å². The number of ether oxygens (including phenoxy) is 2. The van der Waals surface area contributed by atoms with Crippen LogP contribution in [0.1, 0.15) is 77.2 Å². The molecule has 0 bridgehead atoms. The smallest absolute Gasteiger partial charge is 0.410 e. The summed E-state index contributed by atoms with van der Waals surface area (Å²) in [5, 5.41) is 3.45. The largest absolute Gasteiger partial charge is 0.481 e. The van der Waals surface area contributed by atoms with Crippen LogP contribution >= 0.6 is 11.3 Å². The number of fused-ring (bicyclic) bond motifs is 1. The quantitative estimate of drug-likeness (QED) is 0.274. The molecule has 45 heavy (non-hydrogen) atoms. The highest BCUT2D eigenvalue weighted by atomic mass is 32.2. The highest BCUT2D eigenvalue weighted by Crippen LogP contribution is 2.36. The number of benzene rings is 1. The Morgan fingerprint density at radius 2 is 1.69 bits per heavy atom.